The minimum Gasteiger partial charge on any atom is -0.486 e. The van der Waals surface area contributed by atoms with Crippen LogP contribution in [0.5, 0.6) is 11.5 Å². The normalized spacial score (nSPS) is 15.9. The molecule has 9 nitrogen and oxygen atoms in total. The molecular formula is C24H18ClFN6O3. The zero-order chi connectivity index (χ0) is 24.1. The second-order valence-electron chi connectivity index (χ2n) is 8.17. The molecule has 6 rings (SSSR count). The smallest absolute Gasteiger partial charge is 0.267 e. The number of aromatic nitrogens is 5. The SMILES string of the molecule is CC(Nc1ncc2c3[nH]ncc3c(=O)n(-c3ccccc3F)c2n1)[C@H]1COc2cc(Cl)ccc2O1. The highest BCUT2D eigenvalue weighted by Crippen LogP contribution is 2.35. The van der Waals surface area contributed by atoms with Crippen molar-refractivity contribution in [1.82, 2.24) is 24.7 Å². The second-order valence-corrected chi connectivity index (χ2v) is 8.61. The maximum absolute atomic E-state index is 14.7. The van der Waals surface area contributed by atoms with E-state index >= 15 is 0 Å². The molecule has 2 N–H and O–H groups in total. The maximum Gasteiger partial charge on any atom is 0.267 e. The van der Waals surface area contributed by atoms with Gasteiger partial charge in [0.25, 0.3) is 5.56 Å². The number of hydrogen-bond donors (Lipinski definition) is 2. The second kappa shape index (κ2) is 8.24. The summed E-state index contributed by atoms with van der Waals surface area (Å²) in [5, 5.41) is 11.4. The van der Waals surface area contributed by atoms with Gasteiger partial charge in [-0.1, -0.05) is 23.7 Å². The Labute approximate surface area is 202 Å². The highest BCUT2D eigenvalue weighted by molar-refractivity contribution is 6.30. The van der Waals surface area contributed by atoms with Gasteiger partial charge in [-0.25, -0.2) is 9.37 Å². The van der Waals surface area contributed by atoms with Gasteiger partial charge in [-0.05, 0) is 31.2 Å². The van der Waals surface area contributed by atoms with Crippen LogP contribution in [0.2, 0.25) is 5.02 Å². The van der Waals surface area contributed by atoms with Crippen molar-refractivity contribution in [2.24, 2.45) is 0 Å². The third-order valence-electron chi connectivity index (χ3n) is 5.92. The number of hydrogen-bond acceptors (Lipinski definition) is 7. The van der Waals surface area contributed by atoms with Crippen LogP contribution >= 0.6 is 11.6 Å². The molecule has 1 unspecified atom stereocenters. The molecule has 0 radical (unpaired) electrons. The number of H-pyrrole nitrogens is 1. The number of rotatable bonds is 4. The molecule has 0 fully saturated rings. The summed E-state index contributed by atoms with van der Waals surface area (Å²) in [5.41, 5.74) is 0.365. The molecule has 0 saturated carbocycles. The Hall–Kier alpha value is -4.18. The Morgan fingerprint density at radius 2 is 2.06 bits per heavy atom. The fraction of sp³-hybridized carbons (Fsp3) is 0.167. The first-order valence-electron chi connectivity index (χ1n) is 10.8. The van der Waals surface area contributed by atoms with Gasteiger partial charge >= 0.3 is 0 Å². The summed E-state index contributed by atoms with van der Waals surface area (Å²) in [6.07, 6.45) is 2.64. The largest absolute Gasteiger partial charge is 0.486 e. The number of anilines is 1. The van der Waals surface area contributed by atoms with Crippen LogP contribution < -0.4 is 20.3 Å². The molecule has 1 aliphatic rings. The van der Waals surface area contributed by atoms with Gasteiger partial charge in [0, 0.05) is 17.3 Å². The number of fused-ring (bicyclic) bond motifs is 4. The Balaban J connectivity index is 1.40. The van der Waals surface area contributed by atoms with E-state index in [9.17, 15) is 9.18 Å². The molecule has 35 heavy (non-hydrogen) atoms. The molecule has 3 aromatic heterocycles. The van der Waals surface area contributed by atoms with Crippen molar-refractivity contribution in [3.05, 3.63) is 76.1 Å². The fourth-order valence-electron chi connectivity index (χ4n) is 4.12. The average Bonchev–Trinajstić information content (AvgIpc) is 3.35. The van der Waals surface area contributed by atoms with Crippen molar-refractivity contribution in [1.29, 1.82) is 0 Å². The quantitative estimate of drug-likeness (QED) is 0.389. The molecule has 0 amide bonds. The predicted octanol–water partition coefficient (Wildman–Crippen LogP) is 4.09. The van der Waals surface area contributed by atoms with Gasteiger partial charge in [-0.2, -0.15) is 10.1 Å². The van der Waals surface area contributed by atoms with Gasteiger partial charge in [-0.15, -0.1) is 0 Å². The molecule has 2 atom stereocenters. The summed E-state index contributed by atoms with van der Waals surface area (Å²) < 4.78 is 27.8. The Kier molecular flexibility index (Phi) is 5.03. The van der Waals surface area contributed by atoms with Gasteiger partial charge in [0.05, 0.1) is 34.2 Å². The van der Waals surface area contributed by atoms with Gasteiger partial charge in [0.15, 0.2) is 23.3 Å². The lowest BCUT2D eigenvalue weighted by Crippen LogP contribution is -2.42. The van der Waals surface area contributed by atoms with Crippen molar-refractivity contribution < 1.29 is 13.9 Å². The highest BCUT2D eigenvalue weighted by Gasteiger charge is 2.27. The molecule has 0 spiro atoms. The van der Waals surface area contributed by atoms with Gasteiger partial charge in [-0.3, -0.25) is 14.5 Å². The van der Waals surface area contributed by atoms with E-state index in [2.05, 4.69) is 25.5 Å². The maximum atomic E-state index is 14.7. The van der Waals surface area contributed by atoms with Crippen LogP contribution in [0, 0.1) is 5.82 Å². The summed E-state index contributed by atoms with van der Waals surface area (Å²) in [6, 6.07) is 11.0. The molecular weight excluding hydrogens is 475 g/mol. The van der Waals surface area contributed by atoms with E-state index in [0.29, 0.717) is 39.4 Å². The van der Waals surface area contributed by atoms with E-state index in [1.165, 1.54) is 22.9 Å². The molecule has 4 heterocycles. The molecule has 0 aliphatic carbocycles. The van der Waals surface area contributed by atoms with E-state index in [-0.39, 0.29) is 29.4 Å². The third kappa shape index (κ3) is 3.62. The Bertz CT molecular complexity index is 1650. The number of para-hydroxylation sites is 1. The van der Waals surface area contributed by atoms with Gasteiger partial charge in [0.2, 0.25) is 5.95 Å². The number of ether oxygens (including phenoxy) is 2. The number of pyridine rings is 1. The van der Waals surface area contributed by atoms with E-state index in [1.807, 2.05) is 6.92 Å². The molecule has 2 aromatic carbocycles. The lowest BCUT2D eigenvalue weighted by molar-refractivity contribution is 0.0807. The number of benzene rings is 2. The summed E-state index contributed by atoms with van der Waals surface area (Å²) in [5.74, 6) is 0.875. The number of nitrogens with zero attached hydrogens (tertiary/aromatic N) is 4. The van der Waals surface area contributed by atoms with Gasteiger partial charge in [0.1, 0.15) is 12.4 Å². The Morgan fingerprint density at radius 3 is 2.91 bits per heavy atom. The van der Waals surface area contributed by atoms with Crippen LogP contribution in [0.15, 0.2) is 59.7 Å². The summed E-state index contributed by atoms with van der Waals surface area (Å²) in [7, 11) is 0. The van der Waals surface area contributed by atoms with Crippen LogP contribution in [0.4, 0.5) is 10.3 Å². The molecule has 11 heteroatoms. The molecule has 176 valence electrons. The number of halogens is 2. The first kappa shape index (κ1) is 21.4. The molecule has 0 saturated heterocycles. The minimum absolute atomic E-state index is 0.0857. The van der Waals surface area contributed by atoms with Crippen molar-refractivity contribution in [2.75, 3.05) is 11.9 Å². The number of nitrogens with one attached hydrogen (secondary N) is 2. The van der Waals surface area contributed by atoms with Gasteiger partial charge < -0.3 is 14.8 Å². The zero-order valence-corrected chi connectivity index (χ0v) is 19.1. The standard InChI is InChI=1S/C24H18ClFN6O3/c1-12(20-11-34-19-8-13(25)6-7-18(19)35-20)29-24-27-9-14-21-15(10-28-31-21)23(33)32(22(14)30-24)17-5-3-2-4-16(17)26/h2-10,12,20H,11H2,1H3,(H,28,31)(H,27,29,30)/t12?,20-/m1/s1. The monoisotopic (exact) mass is 492 g/mol. The van der Waals surface area contributed by atoms with E-state index in [1.54, 1.807) is 36.5 Å². The van der Waals surface area contributed by atoms with Crippen LogP contribution in [0.3, 0.4) is 0 Å². The lowest BCUT2D eigenvalue weighted by Gasteiger charge is -2.31. The minimum atomic E-state index is -0.549. The number of aromatic amines is 1. The summed E-state index contributed by atoms with van der Waals surface area (Å²) in [4.78, 5) is 22.3. The van der Waals surface area contributed by atoms with Crippen LogP contribution in [-0.2, 0) is 0 Å². The van der Waals surface area contributed by atoms with Crippen LogP contribution in [0.25, 0.3) is 27.6 Å². The third-order valence-corrected chi connectivity index (χ3v) is 6.15. The highest BCUT2D eigenvalue weighted by atomic mass is 35.5. The van der Waals surface area contributed by atoms with Crippen LogP contribution in [-0.4, -0.2) is 43.5 Å². The van der Waals surface area contributed by atoms with E-state index < -0.39 is 11.4 Å². The molecule has 1 aliphatic heterocycles. The predicted molar refractivity (Wildman–Crippen MR) is 129 cm³/mol. The molecule has 5 aromatic rings. The Morgan fingerprint density at radius 1 is 1.20 bits per heavy atom. The zero-order valence-electron chi connectivity index (χ0n) is 18.3. The van der Waals surface area contributed by atoms with Crippen LogP contribution in [0.1, 0.15) is 6.92 Å². The van der Waals surface area contributed by atoms with Crippen molar-refractivity contribution in [2.45, 2.75) is 19.1 Å². The van der Waals surface area contributed by atoms with Crippen molar-refractivity contribution in [3.8, 4) is 17.2 Å². The van der Waals surface area contributed by atoms with Crippen molar-refractivity contribution in [3.63, 3.8) is 0 Å². The molecule has 0 bridgehead atoms. The van der Waals surface area contributed by atoms with E-state index in [4.69, 9.17) is 21.1 Å². The first-order chi connectivity index (χ1) is 17.0. The fourth-order valence-corrected chi connectivity index (χ4v) is 4.28. The van der Waals surface area contributed by atoms with Crippen molar-refractivity contribution >= 4 is 39.5 Å². The van der Waals surface area contributed by atoms with E-state index in [0.717, 1.165) is 0 Å². The topological polar surface area (TPSA) is 107 Å². The lowest BCUT2D eigenvalue weighted by atomic mass is 10.1. The summed E-state index contributed by atoms with van der Waals surface area (Å²) >= 11 is 6.02. The summed E-state index contributed by atoms with van der Waals surface area (Å²) in [6.45, 7) is 2.20. The first-order valence-corrected chi connectivity index (χ1v) is 11.2. The average molecular weight is 493 g/mol.